The molecule has 0 fully saturated rings. The highest BCUT2D eigenvalue weighted by molar-refractivity contribution is 5.67. The summed E-state index contributed by atoms with van der Waals surface area (Å²) >= 11 is 0. The second-order valence-corrected chi connectivity index (χ2v) is 5.00. The van der Waals surface area contributed by atoms with Gasteiger partial charge >= 0.3 is 6.09 Å². The maximum absolute atomic E-state index is 11.5. The molecule has 0 aliphatic carbocycles. The first-order valence-corrected chi connectivity index (χ1v) is 7.60. The van der Waals surface area contributed by atoms with E-state index in [0.717, 1.165) is 5.57 Å². The summed E-state index contributed by atoms with van der Waals surface area (Å²) in [6.07, 6.45) is 4.30. The molecule has 0 spiro atoms. The van der Waals surface area contributed by atoms with Gasteiger partial charge in [0.25, 0.3) is 0 Å². The van der Waals surface area contributed by atoms with Crippen LogP contribution in [0.25, 0.3) is 0 Å². The maximum atomic E-state index is 11.5. The highest BCUT2D eigenvalue weighted by Crippen LogP contribution is 2.04. The number of nitrogens with one attached hydrogen (secondary N) is 2. The van der Waals surface area contributed by atoms with E-state index in [1.807, 2.05) is 6.92 Å². The van der Waals surface area contributed by atoms with E-state index in [9.17, 15) is 14.4 Å². The van der Waals surface area contributed by atoms with Gasteiger partial charge in [0.1, 0.15) is 6.61 Å². The van der Waals surface area contributed by atoms with Gasteiger partial charge in [0.15, 0.2) is 0 Å². The normalized spacial score (nSPS) is 10.9. The van der Waals surface area contributed by atoms with E-state index in [-0.39, 0.29) is 19.2 Å². The minimum atomic E-state index is -0.603. The van der Waals surface area contributed by atoms with Gasteiger partial charge in [-0.25, -0.2) is 24.4 Å². The summed E-state index contributed by atoms with van der Waals surface area (Å²) in [5, 5.41) is 2.53. The maximum Gasteiger partial charge on any atom is 0.407 e. The van der Waals surface area contributed by atoms with E-state index in [1.165, 1.54) is 12.2 Å². The van der Waals surface area contributed by atoms with Crippen LogP contribution in [0.1, 0.15) is 26.2 Å². The van der Waals surface area contributed by atoms with Crippen LogP contribution in [-0.4, -0.2) is 57.1 Å². The Labute approximate surface area is 141 Å². The molecule has 0 radical (unpaired) electrons. The Hall–Kier alpha value is -2.31. The molecule has 9 heteroatoms. The second kappa shape index (κ2) is 15.6. The molecule has 0 aromatic carbocycles. The fourth-order valence-electron chi connectivity index (χ4n) is 1.59. The predicted molar refractivity (Wildman–Crippen MR) is 86.9 cm³/mol. The van der Waals surface area contributed by atoms with Crippen molar-refractivity contribution in [2.24, 2.45) is 9.98 Å². The molecule has 1 amide bonds. The van der Waals surface area contributed by atoms with Crippen molar-refractivity contribution in [1.29, 1.82) is 0 Å². The van der Waals surface area contributed by atoms with Gasteiger partial charge in [-0.2, -0.15) is 5.48 Å². The Kier molecular flexibility index (Phi) is 14.1. The summed E-state index contributed by atoms with van der Waals surface area (Å²) in [7, 11) is 0. The molecular weight excluding hydrogens is 316 g/mol. The first-order chi connectivity index (χ1) is 11.6. The second-order valence-electron chi connectivity index (χ2n) is 5.00. The summed E-state index contributed by atoms with van der Waals surface area (Å²) in [4.78, 5) is 43.9. The number of hydrogen-bond acceptors (Lipinski definition) is 8. The Balaban J connectivity index is 3.79. The predicted octanol–water partition coefficient (Wildman–Crippen LogP) is 1.02. The summed E-state index contributed by atoms with van der Waals surface area (Å²) in [6, 6.07) is -0.382. The number of ether oxygens (including phenoxy) is 1. The zero-order valence-electron chi connectivity index (χ0n) is 13.9. The Morgan fingerprint density at radius 1 is 1.29 bits per heavy atom. The summed E-state index contributed by atoms with van der Waals surface area (Å²) in [5.41, 5.74) is 3.51. The molecule has 0 rings (SSSR count). The van der Waals surface area contributed by atoms with E-state index in [2.05, 4.69) is 27.4 Å². The van der Waals surface area contributed by atoms with Crippen molar-refractivity contribution >= 4 is 18.3 Å². The van der Waals surface area contributed by atoms with Crippen LogP contribution in [0.3, 0.4) is 0 Å². The van der Waals surface area contributed by atoms with Crippen LogP contribution in [-0.2, 0) is 19.2 Å². The molecule has 0 saturated carbocycles. The molecule has 2 N–H and O–H groups in total. The van der Waals surface area contributed by atoms with E-state index in [4.69, 9.17) is 9.57 Å². The Bertz CT molecular complexity index is 470. The van der Waals surface area contributed by atoms with E-state index >= 15 is 0 Å². The van der Waals surface area contributed by atoms with Crippen LogP contribution in [0.2, 0.25) is 0 Å². The summed E-state index contributed by atoms with van der Waals surface area (Å²) in [5.74, 6) is 0. The topological polar surface area (TPSA) is 118 Å². The monoisotopic (exact) mass is 340 g/mol. The molecule has 0 aliphatic rings. The SMILES string of the molecule is C=C(C)CONCCOC(=O)NCC(CCCCN=C=O)N=C=O. The number of hydroxylamine groups is 1. The zero-order chi connectivity index (χ0) is 18.0. The lowest BCUT2D eigenvalue weighted by Gasteiger charge is -2.12. The van der Waals surface area contributed by atoms with Gasteiger partial charge in [0.2, 0.25) is 12.2 Å². The van der Waals surface area contributed by atoms with Gasteiger partial charge in [-0.3, -0.25) is 4.84 Å². The smallest absolute Gasteiger partial charge is 0.407 e. The van der Waals surface area contributed by atoms with E-state index in [1.54, 1.807) is 0 Å². The molecule has 1 atom stereocenters. The van der Waals surface area contributed by atoms with E-state index in [0.29, 0.717) is 39.0 Å². The minimum absolute atomic E-state index is 0.132. The number of amides is 1. The van der Waals surface area contributed by atoms with Crippen molar-refractivity contribution < 1.29 is 24.0 Å². The summed E-state index contributed by atoms with van der Waals surface area (Å²) in [6.45, 7) is 6.92. The molecule has 0 bridgehead atoms. The molecular formula is C15H24N4O5. The van der Waals surface area contributed by atoms with Crippen molar-refractivity contribution in [1.82, 2.24) is 10.8 Å². The molecule has 0 aliphatic heterocycles. The van der Waals surface area contributed by atoms with Crippen LogP contribution in [0, 0.1) is 0 Å². The minimum Gasteiger partial charge on any atom is -0.448 e. The molecule has 24 heavy (non-hydrogen) atoms. The number of nitrogens with zero attached hydrogens (tertiary/aromatic N) is 2. The zero-order valence-corrected chi connectivity index (χ0v) is 13.9. The Morgan fingerprint density at radius 2 is 2.08 bits per heavy atom. The van der Waals surface area contributed by atoms with Gasteiger partial charge < -0.3 is 10.1 Å². The van der Waals surface area contributed by atoms with Crippen LogP contribution >= 0.6 is 0 Å². The van der Waals surface area contributed by atoms with Crippen molar-refractivity contribution in [3.8, 4) is 0 Å². The lowest BCUT2D eigenvalue weighted by Crippen LogP contribution is -2.33. The summed E-state index contributed by atoms with van der Waals surface area (Å²) < 4.78 is 4.92. The van der Waals surface area contributed by atoms with Gasteiger partial charge in [0.05, 0.1) is 25.7 Å². The molecule has 0 aromatic rings. The number of carbonyl (C=O) groups excluding carboxylic acids is 3. The van der Waals surface area contributed by atoms with Gasteiger partial charge in [-0.1, -0.05) is 12.2 Å². The van der Waals surface area contributed by atoms with Crippen molar-refractivity contribution in [2.75, 3.05) is 32.8 Å². The number of rotatable bonds is 14. The first-order valence-electron chi connectivity index (χ1n) is 7.60. The number of carbonyl (C=O) groups is 1. The highest BCUT2D eigenvalue weighted by Gasteiger charge is 2.09. The van der Waals surface area contributed by atoms with E-state index < -0.39 is 6.09 Å². The third kappa shape index (κ3) is 14.6. The van der Waals surface area contributed by atoms with Crippen molar-refractivity contribution in [3.05, 3.63) is 12.2 Å². The van der Waals surface area contributed by atoms with Crippen molar-refractivity contribution in [3.63, 3.8) is 0 Å². The molecule has 9 nitrogen and oxygen atoms in total. The van der Waals surface area contributed by atoms with Crippen LogP contribution in [0.5, 0.6) is 0 Å². The third-order valence-electron chi connectivity index (χ3n) is 2.70. The molecule has 134 valence electrons. The average molecular weight is 340 g/mol. The van der Waals surface area contributed by atoms with Crippen molar-refractivity contribution in [2.45, 2.75) is 32.2 Å². The fraction of sp³-hybridized carbons (Fsp3) is 0.667. The molecule has 0 aromatic heterocycles. The van der Waals surface area contributed by atoms with Gasteiger partial charge in [-0.15, -0.1) is 0 Å². The number of isocyanates is 2. The standard InChI is InChI=1S/C15H24N4O5/c1-13(2)10-24-19-7-8-23-15(22)17-9-14(18-12-21)5-3-4-6-16-11-20/h14,19H,1,3-10H2,2H3,(H,17,22). The number of aliphatic imine (C=N–C) groups is 2. The molecule has 1 unspecified atom stereocenters. The van der Waals surface area contributed by atoms with Crippen LogP contribution < -0.4 is 10.8 Å². The quantitative estimate of drug-likeness (QED) is 0.160. The van der Waals surface area contributed by atoms with Gasteiger partial charge in [-0.05, 0) is 26.2 Å². The largest absolute Gasteiger partial charge is 0.448 e. The van der Waals surface area contributed by atoms with Gasteiger partial charge in [0, 0.05) is 6.54 Å². The third-order valence-corrected chi connectivity index (χ3v) is 2.70. The van der Waals surface area contributed by atoms with Crippen LogP contribution in [0.4, 0.5) is 4.79 Å². The fourth-order valence-corrected chi connectivity index (χ4v) is 1.59. The lowest BCUT2D eigenvalue weighted by atomic mass is 10.1. The number of hydrogen-bond donors (Lipinski definition) is 2. The highest BCUT2D eigenvalue weighted by atomic mass is 16.6. The lowest BCUT2D eigenvalue weighted by molar-refractivity contribution is 0.0433. The first kappa shape index (κ1) is 21.7. The molecule has 0 heterocycles. The molecule has 0 saturated heterocycles. The average Bonchev–Trinajstić information content (AvgIpc) is 2.55. The number of alkyl carbamates (subject to hydrolysis) is 1. The van der Waals surface area contributed by atoms with Crippen LogP contribution in [0.15, 0.2) is 22.1 Å². The number of unbranched alkanes of at least 4 members (excludes halogenated alkanes) is 1. The Morgan fingerprint density at radius 3 is 2.75 bits per heavy atom.